The third-order valence-corrected chi connectivity index (χ3v) is 2.74. The Labute approximate surface area is 101 Å². The summed E-state index contributed by atoms with van der Waals surface area (Å²) in [4.78, 5) is 27.0. The molecule has 1 rings (SSSR count). The molecule has 0 aliphatic heterocycles. The van der Waals surface area contributed by atoms with Crippen molar-refractivity contribution in [2.45, 2.75) is 5.75 Å². The van der Waals surface area contributed by atoms with Gasteiger partial charge in [-0.05, 0) is 12.1 Å². The Morgan fingerprint density at radius 3 is 1.94 bits per heavy atom. The molecule has 0 saturated carbocycles. The molecule has 0 aliphatic carbocycles. The van der Waals surface area contributed by atoms with Crippen LogP contribution in [0.3, 0.4) is 0 Å². The number of rotatable bonds is 4. The summed E-state index contributed by atoms with van der Waals surface area (Å²) in [7, 11) is 1.24. The fourth-order valence-electron chi connectivity index (χ4n) is 1.19. The van der Waals surface area contributed by atoms with Crippen LogP contribution in [0.15, 0.2) is 28.2 Å². The molecule has 17 heavy (non-hydrogen) atoms. The maximum absolute atomic E-state index is 11.0. The largest absolute Gasteiger partial charge is 0.240 e. The van der Waals surface area contributed by atoms with Crippen molar-refractivity contribution >= 4 is 43.3 Å². The average molecular weight is 273 g/mol. The van der Waals surface area contributed by atoms with Crippen molar-refractivity contribution in [3.05, 3.63) is 23.8 Å². The van der Waals surface area contributed by atoms with Crippen LogP contribution in [-0.2, 0) is 24.4 Å². The standard InChI is InChI=1S/C9H5ClN2O4S/c10-17(15,16)4-7-8(11-5-13)2-1-3-9(7)12-6-14/h1-3H,4H2. The lowest BCUT2D eigenvalue weighted by Crippen LogP contribution is -1.96. The third kappa shape index (κ3) is 3.94. The molecular formula is C9H5ClN2O4S. The van der Waals surface area contributed by atoms with Crippen LogP contribution in [0.4, 0.5) is 11.4 Å². The third-order valence-electron chi connectivity index (χ3n) is 1.78. The van der Waals surface area contributed by atoms with Crippen molar-refractivity contribution in [3.63, 3.8) is 0 Å². The number of nitrogens with zero attached hydrogens (tertiary/aromatic N) is 2. The number of carbonyl (C=O) groups excluding carboxylic acids is 2. The number of hydrogen-bond acceptors (Lipinski definition) is 6. The fourth-order valence-corrected chi connectivity index (χ4v) is 2.16. The van der Waals surface area contributed by atoms with Gasteiger partial charge in [0.25, 0.3) is 0 Å². The Morgan fingerprint density at radius 1 is 1.12 bits per heavy atom. The van der Waals surface area contributed by atoms with E-state index in [0.717, 1.165) is 0 Å². The quantitative estimate of drug-likeness (QED) is 0.473. The highest BCUT2D eigenvalue weighted by Crippen LogP contribution is 2.31. The molecular weight excluding hydrogens is 268 g/mol. The maximum atomic E-state index is 11.0. The van der Waals surface area contributed by atoms with Gasteiger partial charge < -0.3 is 0 Å². The predicted octanol–water partition coefficient (Wildman–Crippen LogP) is 1.69. The van der Waals surface area contributed by atoms with Crippen molar-refractivity contribution in [2.24, 2.45) is 9.98 Å². The van der Waals surface area contributed by atoms with E-state index in [1.165, 1.54) is 30.4 Å². The van der Waals surface area contributed by atoms with Crippen LogP contribution in [0.1, 0.15) is 5.56 Å². The molecule has 0 aromatic heterocycles. The lowest BCUT2D eigenvalue weighted by Gasteiger charge is -2.04. The van der Waals surface area contributed by atoms with E-state index in [1.807, 2.05) is 0 Å². The summed E-state index contributed by atoms with van der Waals surface area (Å²) in [5.41, 5.74) is 0.135. The predicted molar refractivity (Wildman–Crippen MR) is 60.5 cm³/mol. The number of hydrogen-bond donors (Lipinski definition) is 0. The normalized spacial score (nSPS) is 10.2. The summed E-state index contributed by atoms with van der Waals surface area (Å²) in [6.07, 6.45) is 2.55. The Hall–Kier alpha value is -1.78. The van der Waals surface area contributed by atoms with Crippen LogP contribution >= 0.6 is 10.7 Å². The van der Waals surface area contributed by atoms with E-state index in [9.17, 15) is 18.0 Å². The first-order chi connectivity index (χ1) is 7.98. The molecule has 0 saturated heterocycles. The second-order valence-electron chi connectivity index (χ2n) is 2.86. The molecule has 6 nitrogen and oxygen atoms in total. The summed E-state index contributed by atoms with van der Waals surface area (Å²) in [5.74, 6) is -0.601. The van der Waals surface area contributed by atoms with Gasteiger partial charge in [-0.15, -0.1) is 0 Å². The fraction of sp³-hybridized carbons (Fsp3) is 0.111. The van der Waals surface area contributed by atoms with Crippen molar-refractivity contribution in [2.75, 3.05) is 0 Å². The monoisotopic (exact) mass is 272 g/mol. The van der Waals surface area contributed by atoms with E-state index in [1.54, 1.807) is 0 Å². The molecule has 1 aromatic rings. The Bertz CT molecular complexity index is 592. The zero-order valence-electron chi connectivity index (χ0n) is 8.25. The lowest BCUT2D eigenvalue weighted by atomic mass is 10.1. The van der Waals surface area contributed by atoms with Gasteiger partial charge in [0.15, 0.2) is 0 Å². The molecule has 0 aliphatic rings. The van der Waals surface area contributed by atoms with Gasteiger partial charge in [0.1, 0.15) is 0 Å². The molecule has 0 radical (unpaired) electrons. The zero-order valence-corrected chi connectivity index (χ0v) is 9.83. The van der Waals surface area contributed by atoms with E-state index >= 15 is 0 Å². The first kappa shape index (κ1) is 13.3. The van der Waals surface area contributed by atoms with E-state index in [4.69, 9.17) is 10.7 Å². The van der Waals surface area contributed by atoms with Crippen LogP contribution < -0.4 is 0 Å². The van der Waals surface area contributed by atoms with Gasteiger partial charge in [-0.2, -0.15) is 9.98 Å². The minimum absolute atomic E-state index is 0.0423. The van der Waals surface area contributed by atoms with Gasteiger partial charge in [-0.1, -0.05) is 6.07 Å². The van der Waals surface area contributed by atoms with E-state index in [-0.39, 0.29) is 16.9 Å². The van der Waals surface area contributed by atoms with E-state index in [0.29, 0.717) is 0 Å². The molecule has 0 bridgehead atoms. The second kappa shape index (κ2) is 5.52. The van der Waals surface area contributed by atoms with E-state index in [2.05, 4.69) is 9.98 Å². The Balaban J connectivity index is 3.48. The molecule has 1 aromatic carbocycles. The molecule has 88 valence electrons. The SMILES string of the molecule is O=C=Nc1cccc(N=C=O)c1CS(=O)(=O)Cl. The van der Waals surface area contributed by atoms with Gasteiger partial charge in [-0.3, -0.25) is 0 Å². The van der Waals surface area contributed by atoms with Gasteiger partial charge in [0, 0.05) is 16.2 Å². The number of halogens is 1. The smallest absolute Gasteiger partial charge is 0.212 e. The molecule has 0 atom stereocenters. The van der Waals surface area contributed by atoms with Gasteiger partial charge in [0.05, 0.1) is 17.1 Å². The lowest BCUT2D eigenvalue weighted by molar-refractivity contribution is 0.565. The summed E-state index contributed by atoms with van der Waals surface area (Å²) in [5, 5.41) is 0. The minimum atomic E-state index is -3.87. The summed E-state index contributed by atoms with van der Waals surface area (Å²) in [6.45, 7) is 0. The van der Waals surface area contributed by atoms with Gasteiger partial charge in [0.2, 0.25) is 21.2 Å². The number of aliphatic imine (C=N–C) groups is 2. The molecule has 0 N–H and O–H groups in total. The highest BCUT2D eigenvalue weighted by atomic mass is 35.7. The molecule has 0 heterocycles. The molecule has 0 spiro atoms. The maximum Gasteiger partial charge on any atom is 0.240 e. The average Bonchev–Trinajstić information content (AvgIpc) is 2.21. The summed E-state index contributed by atoms with van der Waals surface area (Å²) < 4.78 is 22.0. The topological polar surface area (TPSA) is 93.0 Å². The van der Waals surface area contributed by atoms with Crippen molar-refractivity contribution in [3.8, 4) is 0 Å². The van der Waals surface area contributed by atoms with Gasteiger partial charge >= 0.3 is 0 Å². The van der Waals surface area contributed by atoms with Crippen LogP contribution in [0.5, 0.6) is 0 Å². The highest BCUT2D eigenvalue weighted by molar-refractivity contribution is 8.13. The first-order valence-electron chi connectivity index (χ1n) is 4.18. The second-order valence-corrected chi connectivity index (χ2v) is 5.64. The van der Waals surface area contributed by atoms with Gasteiger partial charge in [-0.25, -0.2) is 18.0 Å². The van der Waals surface area contributed by atoms with Crippen LogP contribution in [0, 0.1) is 0 Å². The summed E-state index contributed by atoms with van der Waals surface area (Å²) in [6, 6.07) is 4.22. The van der Waals surface area contributed by atoms with Crippen molar-refractivity contribution in [1.82, 2.24) is 0 Å². The number of isocyanates is 2. The Kier molecular flexibility index (Phi) is 4.31. The van der Waals surface area contributed by atoms with Crippen LogP contribution in [0.25, 0.3) is 0 Å². The zero-order chi connectivity index (χ0) is 12.9. The molecule has 8 heteroatoms. The molecule has 0 amide bonds. The van der Waals surface area contributed by atoms with Crippen molar-refractivity contribution in [1.29, 1.82) is 0 Å². The number of benzene rings is 1. The minimum Gasteiger partial charge on any atom is -0.212 e. The van der Waals surface area contributed by atoms with Crippen LogP contribution in [-0.4, -0.2) is 20.6 Å². The van der Waals surface area contributed by atoms with E-state index < -0.39 is 14.8 Å². The highest BCUT2D eigenvalue weighted by Gasteiger charge is 2.15. The Morgan fingerprint density at radius 2 is 1.59 bits per heavy atom. The first-order valence-corrected chi connectivity index (χ1v) is 6.66. The summed E-state index contributed by atoms with van der Waals surface area (Å²) >= 11 is 0. The van der Waals surface area contributed by atoms with Crippen molar-refractivity contribution < 1.29 is 18.0 Å². The molecule has 0 unspecified atom stereocenters. The molecule has 0 fully saturated rings. The van der Waals surface area contributed by atoms with Crippen LogP contribution in [0.2, 0.25) is 0 Å².